The molecule has 0 saturated heterocycles. The molecule has 0 saturated carbocycles. The first-order valence-corrected chi connectivity index (χ1v) is 10.7. The highest BCUT2D eigenvalue weighted by Gasteiger charge is 2.13. The van der Waals surface area contributed by atoms with E-state index in [0.29, 0.717) is 33.9 Å². The third kappa shape index (κ3) is 6.35. The molecule has 0 atom stereocenters. The van der Waals surface area contributed by atoms with Crippen molar-refractivity contribution in [2.24, 2.45) is 0 Å². The van der Waals surface area contributed by atoms with E-state index in [1.807, 2.05) is 19.1 Å². The van der Waals surface area contributed by atoms with Crippen LogP contribution in [0.3, 0.4) is 0 Å². The Morgan fingerprint density at radius 1 is 0.706 bits per heavy atom. The van der Waals surface area contributed by atoms with Gasteiger partial charge in [-0.1, -0.05) is 17.7 Å². The van der Waals surface area contributed by atoms with Crippen molar-refractivity contribution < 1.29 is 23.9 Å². The molecule has 0 fully saturated rings. The Balaban J connectivity index is 1.46. The van der Waals surface area contributed by atoms with Crippen LogP contribution >= 0.6 is 0 Å². The smallest absolute Gasteiger partial charge is 0.255 e. The Bertz CT molecular complexity index is 1160. The van der Waals surface area contributed by atoms with E-state index in [4.69, 9.17) is 9.47 Å². The van der Waals surface area contributed by atoms with Crippen LogP contribution in [0.2, 0.25) is 0 Å². The van der Waals surface area contributed by atoms with E-state index in [1.54, 1.807) is 54.6 Å². The Hall–Kier alpha value is -4.33. The van der Waals surface area contributed by atoms with Gasteiger partial charge in [0.15, 0.2) is 0 Å². The van der Waals surface area contributed by atoms with Crippen molar-refractivity contribution in [2.45, 2.75) is 6.92 Å². The maximum atomic E-state index is 12.4. The quantitative estimate of drug-likeness (QED) is 0.424. The van der Waals surface area contributed by atoms with Gasteiger partial charge in [-0.25, -0.2) is 0 Å². The number of carbonyl (C=O) groups excluding carboxylic acids is 3. The number of carbonyl (C=O) groups is 3. The summed E-state index contributed by atoms with van der Waals surface area (Å²) >= 11 is 0. The first-order chi connectivity index (χ1) is 16.4. The number of hydrogen-bond acceptors (Lipinski definition) is 5. The Morgan fingerprint density at radius 3 is 1.91 bits per heavy atom. The fourth-order valence-electron chi connectivity index (χ4n) is 3.15. The van der Waals surface area contributed by atoms with Gasteiger partial charge in [-0.15, -0.1) is 0 Å². The van der Waals surface area contributed by atoms with Crippen LogP contribution in [0.25, 0.3) is 0 Å². The second kappa shape index (κ2) is 11.5. The van der Waals surface area contributed by atoms with Gasteiger partial charge in [-0.3, -0.25) is 14.4 Å². The number of amides is 3. The predicted octanol–water partition coefficient (Wildman–Crippen LogP) is 3.42. The average molecular weight is 462 g/mol. The molecule has 0 aliphatic rings. The molecular weight excluding hydrogens is 434 g/mol. The van der Waals surface area contributed by atoms with Crippen molar-refractivity contribution in [3.8, 4) is 11.5 Å². The SMILES string of the molecule is COc1ccc(C(=O)NCCNC(=O)c2ccc(NC(=O)c3ccc(C)cc3)cc2)c(OC)c1. The maximum absolute atomic E-state index is 12.4. The summed E-state index contributed by atoms with van der Waals surface area (Å²) in [5.74, 6) is 0.161. The van der Waals surface area contributed by atoms with Crippen molar-refractivity contribution in [1.82, 2.24) is 10.6 Å². The Morgan fingerprint density at radius 2 is 1.29 bits per heavy atom. The van der Waals surface area contributed by atoms with E-state index in [9.17, 15) is 14.4 Å². The largest absolute Gasteiger partial charge is 0.497 e. The normalized spacial score (nSPS) is 10.2. The molecule has 3 rings (SSSR count). The zero-order chi connectivity index (χ0) is 24.5. The predicted molar refractivity (Wildman–Crippen MR) is 130 cm³/mol. The van der Waals surface area contributed by atoms with Gasteiger partial charge >= 0.3 is 0 Å². The van der Waals surface area contributed by atoms with Gasteiger partial charge in [0.1, 0.15) is 11.5 Å². The summed E-state index contributed by atoms with van der Waals surface area (Å²) in [7, 11) is 3.01. The molecule has 0 unspecified atom stereocenters. The minimum absolute atomic E-state index is 0.221. The first kappa shape index (κ1) is 24.3. The van der Waals surface area contributed by atoms with E-state index in [0.717, 1.165) is 5.56 Å². The minimum atomic E-state index is -0.317. The van der Waals surface area contributed by atoms with E-state index in [1.165, 1.54) is 14.2 Å². The molecule has 0 bridgehead atoms. The summed E-state index contributed by atoms with van der Waals surface area (Å²) < 4.78 is 10.4. The summed E-state index contributed by atoms with van der Waals surface area (Å²) in [6.45, 7) is 2.44. The highest BCUT2D eigenvalue weighted by molar-refractivity contribution is 6.04. The third-order valence-electron chi connectivity index (χ3n) is 5.07. The molecule has 3 N–H and O–H groups in total. The van der Waals surface area contributed by atoms with Crippen molar-refractivity contribution >= 4 is 23.4 Å². The lowest BCUT2D eigenvalue weighted by atomic mass is 10.1. The van der Waals surface area contributed by atoms with E-state index >= 15 is 0 Å². The third-order valence-corrected chi connectivity index (χ3v) is 5.07. The van der Waals surface area contributed by atoms with Crippen LogP contribution in [0, 0.1) is 6.92 Å². The van der Waals surface area contributed by atoms with Gasteiger partial charge in [0, 0.05) is 36.0 Å². The summed E-state index contributed by atoms with van der Waals surface area (Å²) in [5, 5.41) is 8.30. The van der Waals surface area contributed by atoms with Crippen molar-refractivity contribution in [3.63, 3.8) is 0 Å². The van der Waals surface area contributed by atoms with Crippen LogP contribution in [0.15, 0.2) is 66.7 Å². The second-order valence-electron chi connectivity index (χ2n) is 7.48. The van der Waals surface area contributed by atoms with Gasteiger partial charge in [0.25, 0.3) is 17.7 Å². The van der Waals surface area contributed by atoms with Gasteiger partial charge in [0.05, 0.1) is 19.8 Å². The lowest BCUT2D eigenvalue weighted by Gasteiger charge is -2.11. The Kier molecular flexibility index (Phi) is 8.23. The second-order valence-corrected chi connectivity index (χ2v) is 7.48. The van der Waals surface area contributed by atoms with Crippen molar-refractivity contribution in [1.29, 1.82) is 0 Å². The van der Waals surface area contributed by atoms with Gasteiger partial charge in [0.2, 0.25) is 0 Å². The fourth-order valence-corrected chi connectivity index (χ4v) is 3.15. The molecule has 3 aromatic rings. The van der Waals surface area contributed by atoms with Crippen LogP contribution in [0.4, 0.5) is 5.69 Å². The topological polar surface area (TPSA) is 106 Å². The van der Waals surface area contributed by atoms with Gasteiger partial charge < -0.3 is 25.4 Å². The molecule has 0 aliphatic carbocycles. The Labute approximate surface area is 198 Å². The van der Waals surface area contributed by atoms with Gasteiger partial charge in [-0.2, -0.15) is 0 Å². The lowest BCUT2D eigenvalue weighted by Crippen LogP contribution is -2.34. The zero-order valence-corrected chi connectivity index (χ0v) is 19.3. The molecule has 3 aromatic carbocycles. The van der Waals surface area contributed by atoms with Crippen LogP contribution in [-0.4, -0.2) is 45.0 Å². The summed E-state index contributed by atoms with van der Waals surface area (Å²) in [4.78, 5) is 37.1. The number of nitrogens with one attached hydrogen (secondary N) is 3. The summed E-state index contributed by atoms with van der Waals surface area (Å²) in [6, 6.07) is 18.8. The monoisotopic (exact) mass is 461 g/mol. The molecule has 34 heavy (non-hydrogen) atoms. The van der Waals surface area contributed by atoms with Crippen molar-refractivity contribution in [3.05, 3.63) is 89.0 Å². The maximum Gasteiger partial charge on any atom is 0.255 e. The molecule has 176 valence electrons. The number of hydrogen-bond donors (Lipinski definition) is 3. The highest BCUT2D eigenvalue weighted by atomic mass is 16.5. The lowest BCUT2D eigenvalue weighted by molar-refractivity contribution is 0.0926. The average Bonchev–Trinajstić information content (AvgIpc) is 2.86. The standard InChI is InChI=1S/C26H27N3O5/c1-17-4-6-19(7-5-17)25(31)29-20-10-8-18(9-11-20)24(30)27-14-15-28-26(32)22-13-12-21(33-2)16-23(22)34-3/h4-13,16H,14-15H2,1-3H3,(H,27,30)(H,28,32)(H,29,31). The van der Waals surface area contributed by atoms with Crippen LogP contribution in [0.1, 0.15) is 36.6 Å². The van der Waals surface area contributed by atoms with E-state index in [2.05, 4.69) is 16.0 Å². The van der Waals surface area contributed by atoms with Gasteiger partial charge in [-0.05, 0) is 55.5 Å². The van der Waals surface area contributed by atoms with Crippen molar-refractivity contribution in [2.75, 3.05) is 32.6 Å². The number of ether oxygens (including phenoxy) is 2. The molecule has 0 spiro atoms. The fraction of sp³-hybridized carbons (Fsp3) is 0.192. The van der Waals surface area contributed by atoms with Crippen LogP contribution in [-0.2, 0) is 0 Å². The molecule has 0 heterocycles. The minimum Gasteiger partial charge on any atom is -0.497 e. The zero-order valence-electron chi connectivity index (χ0n) is 19.3. The first-order valence-electron chi connectivity index (χ1n) is 10.7. The number of aryl methyl sites for hydroxylation is 1. The van der Waals surface area contributed by atoms with E-state index < -0.39 is 0 Å². The number of rotatable bonds is 9. The summed E-state index contributed by atoms with van der Waals surface area (Å²) in [5.41, 5.74) is 3.03. The molecule has 0 aliphatic heterocycles. The van der Waals surface area contributed by atoms with Crippen LogP contribution < -0.4 is 25.4 Å². The molecule has 0 aromatic heterocycles. The van der Waals surface area contributed by atoms with Crippen LogP contribution in [0.5, 0.6) is 11.5 Å². The molecule has 8 nitrogen and oxygen atoms in total. The number of methoxy groups -OCH3 is 2. The summed E-state index contributed by atoms with van der Waals surface area (Å²) in [6.07, 6.45) is 0. The molecule has 8 heteroatoms. The molecule has 0 radical (unpaired) electrons. The number of anilines is 1. The number of benzene rings is 3. The molecule has 3 amide bonds. The highest BCUT2D eigenvalue weighted by Crippen LogP contribution is 2.24. The molecular formula is C26H27N3O5. The van der Waals surface area contributed by atoms with E-state index in [-0.39, 0.29) is 30.8 Å².